The highest BCUT2D eigenvalue weighted by atomic mass is 32.1. The number of aromatic nitrogens is 1. The average molecular weight is 488 g/mol. The standard InChI is InChI=1S/C26H25N5O3S/c1-30(24-11-5-6-14-28-24)15-16-31(20-8-3-2-4-9-20)26(33)34-25(32)29-22-18-19(27)12-13-21(22)23-10-7-17-35-23/h2-14,17-18H,15-16,27H2,1H3,(H,29,32). The molecular formula is C26H25N5O3S. The number of ether oxygens (including phenoxy) is 1. The van der Waals surface area contributed by atoms with Crippen molar-refractivity contribution in [2.24, 2.45) is 0 Å². The molecule has 0 unspecified atom stereocenters. The lowest BCUT2D eigenvalue weighted by Crippen LogP contribution is -2.39. The summed E-state index contributed by atoms with van der Waals surface area (Å²) in [7, 11) is 1.88. The average Bonchev–Trinajstić information content (AvgIpc) is 3.40. The van der Waals surface area contributed by atoms with Crippen LogP contribution in [0.2, 0.25) is 0 Å². The first-order valence-electron chi connectivity index (χ1n) is 10.9. The summed E-state index contributed by atoms with van der Waals surface area (Å²) >= 11 is 1.53. The summed E-state index contributed by atoms with van der Waals surface area (Å²) in [5, 5.41) is 4.61. The van der Waals surface area contributed by atoms with Crippen LogP contribution in [0.1, 0.15) is 0 Å². The van der Waals surface area contributed by atoms with E-state index in [1.54, 1.807) is 30.5 Å². The number of carbonyl (C=O) groups excluding carboxylic acids is 2. The second-order valence-corrected chi connectivity index (χ2v) is 8.61. The number of nitrogens with one attached hydrogen (secondary N) is 1. The summed E-state index contributed by atoms with van der Waals surface area (Å²) in [6.45, 7) is 0.752. The first-order valence-corrected chi connectivity index (χ1v) is 11.8. The normalized spacial score (nSPS) is 10.4. The summed E-state index contributed by atoms with van der Waals surface area (Å²) in [5.74, 6) is 0.773. The van der Waals surface area contributed by atoms with Crippen LogP contribution in [0, 0.1) is 0 Å². The van der Waals surface area contributed by atoms with Crippen LogP contribution in [0.4, 0.5) is 32.5 Å². The molecule has 4 aromatic rings. The molecule has 35 heavy (non-hydrogen) atoms. The Morgan fingerprint density at radius 2 is 1.80 bits per heavy atom. The van der Waals surface area contributed by atoms with Crippen molar-refractivity contribution in [2.75, 3.05) is 41.0 Å². The van der Waals surface area contributed by atoms with Gasteiger partial charge in [0, 0.05) is 48.1 Å². The Bertz CT molecular complexity index is 1270. The Balaban J connectivity index is 1.47. The molecule has 2 aromatic heterocycles. The summed E-state index contributed by atoms with van der Waals surface area (Å²) < 4.78 is 5.19. The van der Waals surface area contributed by atoms with Gasteiger partial charge in [-0.25, -0.2) is 14.6 Å². The first kappa shape index (κ1) is 23.8. The van der Waals surface area contributed by atoms with Crippen molar-refractivity contribution in [1.29, 1.82) is 0 Å². The number of nitrogen functional groups attached to an aromatic ring is 1. The third-order valence-electron chi connectivity index (χ3n) is 5.23. The molecule has 0 radical (unpaired) electrons. The second kappa shape index (κ2) is 11.2. The van der Waals surface area contributed by atoms with Crippen molar-refractivity contribution in [3.63, 3.8) is 0 Å². The molecule has 0 spiro atoms. The highest BCUT2D eigenvalue weighted by Gasteiger charge is 2.22. The van der Waals surface area contributed by atoms with Gasteiger partial charge < -0.3 is 15.4 Å². The van der Waals surface area contributed by atoms with Crippen molar-refractivity contribution in [3.05, 3.63) is 90.4 Å². The Kier molecular flexibility index (Phi) is 7.59. The van der Waals surface area contributed by atoms with Gasteiger partial charge in [0.2, 0.25) is 0 Å². The predicted octanol–water partition coefficient (Wildman–Crippen LogP) is 5.70. The molecule has 2 amide bonds. The fourth-order valence-electron chi connectivity index (χ4n) is 3.46. The molecule has 0 aliphatic carbocycles. The van der Waals surface area contributed by atoms with E-state index in [0.717, 1.165) is 16.3 Å². The minimum absolute atomic E-state index is 0.280. The van der Waals surface area contributed by atoms with Gasteiger partial charge in [0.1, 0.15) is 5.82 Å². The van der Waals surface area contributed by atoms with E-state index in [4.69, 9.17) is 10.5 Å². The quantitative estimate of drug-likeness (QED) is 0.256. The lowest BCUT2D eigenvalue weighted by Gasteiger charge is -2.25. The molecule has 0 saturated carbocycles. The van der Waals surface area contributed by atoms with Gasteiger partial charge >= 0.3 is 12.2 Å². The molecule has 4 rings (SSSR count). The molecule has 0 aliphatic rings. The van der Waals surface area contributed by atoms with E-state index in [1.165, 1.54) is 16.2 Å². The number of hydrogen-bond donors (Lipinski definition) is 2. The van der Waals surface area contributed by atoms with Gasteiger partial charge in [-0.1, -0.05) is 30.3 Å². The summed E-state index contributed by atoms with van der Waals surface area (Å²) in [5.41, 5.74) is 8.27. The van der Waals surface area contributed by atoms with E-state index < -0.39 is 12.2 Å². The van der Waals surface area contributed by atoms with Crippen LogP contribution in [-0.4, -0.2) is 37.3 Å². The summed E-state index contributed by atoms with van der Waals surface area (Å²) in [6, 6.07) is 23.7. The molecule has 8 nitrogen and oxygen atoms in total. The Hall–Kier alpha value is -4.37. The van der Waals surface area contributed by atoms with Gasteiger partial charge in [0.05, 0.1) is 5.69 Å². The third-order valence-corrected chi connectivity index (χ3v) is 6.14. The van der Waals surface area contributed by atoms with E-state index >= 15 is 0 Å². The molecule has 2 aromatic carbocycles. The van der Waals surface area contributed by atoms with Crippen molar-refractivity contribution in [1.82, 2.24) is 4.98 Å². The third kappa shape index (κ3) is 6.15. The fraction of sp³-hybridized carbons (Fsp3) is 0.115. The van der Waals surface area contributed by atoms with Gasteiger partial charge in [0.15, 0.2) is 0 Å². The predicted molar refractivity (Wildman–Crippen MR) is 141 cm³/mol. The van der Waals surface area contributed by atoms with Gasteiger partial charge in [0.25, 0.3) is 0 Å². The number of nitrogens with two attached hydrogens (primary N) is 1. The Morgan fingerprint density at radius 3 is 2.51 bits per heavy atom. The lowest BCUT2D eigenvalue weighted by atomic mass is 10.1. The fourth-order valence-corrected chi connectivity index (χ4v) is 4.23. The van der Waals surface area contributed by atoms with E-state index in [2.05, 4.69) is 10.3 Å². The van der Waals surface area contributed by atoms with Crippen LogP contribution in [0.25, 0.3) is 10.4 Å². The maximum absolute atomic E-state index is 13.1. The van der Waals surface area contributed by atoms with E-state index in [0.29, 0.717) is 23.6 Å². The maximum Gasteiger partial charge on any atom is 0.423 e. The van der Waals surface area contributed by atoms with Gasteiger partial charge in [-0.2, -0.15) is 0 Å². The Labute approximate surface area is 207 Å². The molecular weight excluding hydrogens is 462 g/mol. The number of pyridine rings is 1. The van der Waals surface area contributed by atoms with Gasteiger partial charge in [-0.05, 0) is 53.9 Å². The zero-order valence-electron chi connectivity index (χ0n) is 19.1. The van der Waals surface area contributed by atoms with Crippen LogP contribution in [0.5, 0.6) is 0 Å². The molecule has 0 saturated heterocycles. The number of amides is 2. The van der Waals surface area contributed by atoms with Crippen LogP contribution in [0.15, 0.2) is 90.4 Å². The molecule has 178 valence electrons. The minimum atomic E-state index is -0.891. The smallest absolute Gasteiger partial charge is 0.399 e. The second-order valence-electron chi connectivity index (χ2n) is 7.66. The number of benzene rings is 2. The molecule has 3 N–H and O–H groups in total. The number of nitrogens with zero attached hydrogens (tertiary/aromatic N) is 3. The molecule has 0 fully saturated rings. The van der Waals surface area contributed by atoms with E-state index in [-0.39, 0.29) is 6.54 Å². The number of thiophene rings is 1. The van der Waals surface area contributed by atoms with Crippen LogP contribution in [0.3, 0.4) is 0 Å². The number of hydrogen-bond acceptors (Lipinski definition) is 7. The number of rotatable bonds is 7. The largest absolute Gasteiger partial charge is 0.423 e. The zero-order valence-corrected chi connectivity index (χ0v) is 19.9. The van der Waals surface area contributed by atoms with Crippen molar-refractivity contribution < 1.29 is 14.3 Å². The summed E-state index contributed by atoms with van der Waals surface area (Å²) in [4.78, 5) is 34.4. The van der Waals surface area contributed by atoms with E-state index in [1.807, 2.05) is 71.9 Å². The van der Waals surface area contributed by atoms with Crippen molar-refractivity contribution in [3.8, 4) is 10.4 Å². The lowest BCUT2D eigenvalue weighted by molar-refractivity contribution is 0.165. The molecule has 0 bridgehead atoms. The number of carbonyl (C=O) groups is 2. The first-order chi connectivity index (χ1) is 17.0. The number of anilines is 4. The van der Waals surface area contributed by atoms with Gasteiger partial charge in [-0.3, -0.25) is 10.2 Å². The highest BCUT2D eigenvalue weighted by Crippen LogP contribution is 2.33. The topological polar surface area (TPSA) is 101 Å². The molecule has 2 heterocycles. The minimum Gasteiger partial charge on any atom is -0.399 e. The van der Waals surface area contributed by atoms with Crippen LogP contribution < -0.4 is 20.9 Å². The monoisotopic (exact) mass is 487 g/mol. The SMILES string of the molecule is CN(CCN(C(=O)OC(=O)Nc1cc(N)ccc1-c1cccs1)c1ccccc1)c1ccccn1. The van der Waals surface area contributed by atoms with Crippen LogP contribution in [-0.2, 0) is 4.74 Å². The van der Waals surface area contributed by atoms with Gasteiger partial charge in [-0.15, -0.1) is 11.3 Å². The van der Waals surface area contributed by atoms with E-state index in [9.17, 15) is 9.59 Å². The number of para-hydroxylation sites is 1. The zero-order chi connectivity index (χ0) is 24.6. The molecule has 0 aliphatic heterocycles. The maximum atomic E-state index is 13.1. The van der Waals surface area contributed by atoms with Crippen LogP contribution >= 0.6 is 11.3 Å². The van der Waals surface area contributed by atoms with Crippen molar-refractivity contribution in [2.45, 2.75) is 0 Å². The number of likely N-dealkylation sites (N-methyl/N-ethyl adjacent to an activating group) is 1. The molecule has 0 atom stereocenters. The van der Waals surface area contributed by atoms with Crippen molar-refractivity contribution >= 4 is 46.4 Å². The Morgan fingerprint density at radius 1 is 1.00 bits per heavy atom. The summed E-state index contributed by atoms with van der Waals surface area (Å²) in [6.07, 6.45) is 0.0299. The molecule has 9 heteroatoms. The highest BCUT2D eigenvalue weighted by molar-refractivity contribution is 7.13.